The van der Waals surface area contributed by atoms with Gasteiger partial charge in [-0.15, -0.1) is 0 Å². The van der Waals surface area contributed by atoms with Crippen LogP contribution in [0.4, 0.5) is 0 Å². The first kappa shape index (κ1) is 13.0. The molecule has 2 rings (SSSR count). The maximum Gasteiger partial charge on any atom is 0.341 e. The van der Waals surface area contributed by atoms with E-state index in [0.717, 1.165) is 22.3 Å². The number of ether oxygens (including phenoxy) is 1. The van der Waals surface area contributed by atoms with Crippen LogP contribution in [0, 0.1) is 13.8 Å². The number of hydrogen-bond donors (Lipinski definition) is 1. The zero-order chi connectivity index (χ0) is 13.8. The molecule has 0 unspecified atom stereocenters. The zero-order valence-electron chi connectivity index (χ0n) is 10.8. The Balaban J connectivity index is 2.34. The lowest BCUT2D eigenvalue weighted by Crippen LogP contribution is -2.11. The molecule has 5 heteroatoms. The number of carboxylic acids is 1. The summed E-state index contributed by atoms with van der Waals surface area (Å²) in [5.74, 6) is -0.373. The number of aromatic nitrogens is 2. The molecule has 1 aromatic heterocycles. The van der Waals surface area contributed by atoms with Gasteiger partial charge < -0.3 is 9.84 Å². The number of aliphatic carboxylic acids is 1. The van der Waals surface area contributed by atoms with Gasteiger partial charge in [-0.25, -0.2) is 14.8 Å². The largest absolute Gasteiger partial charge is 0.481 e. The molecular weight excluding hydrogens is 244 g/mol. The number of nitrogens with zero attached hydrogens (tertiary/aromatic N) is 2. The molecule has 0 aliphatic rings. The Morgan fingerprint density at radius 2 is 1.74 bits per heavy atom. The molecule has 0 fully saturated rings. The molecule has 1 N–H and O–H groups in total. The van der Waals surface area contributed by atoms with Gasteiger partial charge in [0.25, 0.3) is 0 Å². The summed E-state index contributed by atoms with van der Waals surface area (Å²) in [6.45, 7) is 3.43. The second-order valence-corrected chi connectivity index (χ2v) is 4.25. The average molecular weight is 258 g/mol. The van der Waals surface area contributed by atoms with Gasteiger partial charge in [0, 0.05) is 18.0 Å². The van der Waals surface area contributed by atoms with E-state index in [1.54, 1.807) is 12.4 Å². The highest BCUT2D eigenvalue weighted by Gasteiger charge is 2.09. The van der Waals surface area contributed by atoms with Gasteiger partial charge in [0.1, 0.15) is 12.1 Å². The molecule has 5 nitrogen and oxygen atoms in total. The lowest BCUT2D eigenvalue weighted by molar-refractivity contribution is -0.139. The fourth-order valence-electron chi connectivity index (χ4n) is 1.93. The van der Waals surface area contributed by atoms with Crippen molar-refractivity contribution in [3.05, 3.63) is 42.0 Å². The fourth-order valence-corrected chi connectivity index (χ4v) is 1.93. The van der Waals surface area contributed by atoms with Crippen LogP contribution in [0.25, 0.3) is 11.1 Å². The van der Waals surface area contributed by atoms with Crippen LogP contribution in [0.1, 0.15) is 11.1 Å². The Morgan fingerprint density at radius 3 is 2.26 bits per heavy atom. The molecule has 19 heavy (non-hydrogen) atoms. The third-order valence-electron chi connectivity index (χ3n) is 2.69. The predicted molar refractivity (Wildman–Crippen MR) is 70.1 cm³/mol. The second kappa shape index (κ2) is 5.48. The monoisotopic (exact) mass is 258 g/mol. The van der Waals surface area contributed by atoms with Crippen molar-refractivity contribution in [2.75, 3.05) is 6.61 Å². The molecule has 98 valence electrons. The van der Waals surface area contributed by atoms with Gasteiger partial charge in [-0.1, -0.05) is 0 Å². The first-order valence-corrected chi connectivity index (χ1v) is 5.79. The first-order valence-electron chi connectivity index (χ1n) is 5.79. The SMILES string of the molecule is Cc1cc(-c2cncnc2)cc(C)c1OCC(=O)O. The van der Waals surface area contributed by atoms with Crippen molar-refractivity contribution in [3.63, 3.8) is 0 Å². The molecule has 0 atom stereocenters. The van der Waals surface area contributed by atoms with E-state index in [1.165, 1.54) is 6.33 Å². The van der Waals surface area contributed by atoms with Crippen LogP contribution in [0.5, 0.6) is 5.75 Å². The Hall–Kier alpha value is -2.43. The van der Waals surface area contributed by atoms with Crippen molar-refractivity contribution in [1.29, 1.82) is 0 Å². The molecule has 0 amide bonds. The van der Waals surface area contributed by atoms with Crippen molar-refractivity contribution in [1.82, 2.24) is 9.97 Å². The Kier molecular flexibility index (Phi) is 3.75. The third-order valence-corrected chi connectivity index (χ3v) is 2.69. The molecule has 0 bridgehead atoms. The summed E-state index contributed by atoms with van der Waals surface area (Å²) in [5.41, 5.74) is 3.68. The van der Waals surface area contributed by atoms with Crippen molar-refractivity contribution >= 4 is 5.97 Å². The molecule has 1 heterocycles. The minimum atomic E-state index is -0.987. The normalized spacial score (nSPS) is 10.2. The van der Waals surface area contributed by atoms with Crippen molar-refractivity contribution in [2.45, 2.75) is 13.8 Å². The first-order chi connectivity index (χ1) is 9.08. The third kappa shape index (κ3) is 3.07. The molecule has 0 spiro atoms. The molecule has 0 aliphatic heterocycles. The fraction of sp³-hybridized carbons (Fsp3) is 0.214. The van der Waals surface area contributed by atoms with Gasteiger partial charge >= 0.3 is 5.97 Å². The van der Waals surface area contributed by atoms with Crippen LogP contribution < -0.4 is 4.74 Å². The minimum absolute atomic E-state index is 0.338. The van der Waals surface area contributed by atoms with Gasteiger partial charge in [0.15, 0.2) is 6.61 Å². The highest BCUT2D eigenvalue weighted by Crippen LogP contribution is 2.29. The zero-order valence-corrected chi connectivity index (χ0v) is 10.8. The van der Waals surface area contributed by atoms with Crippen LogP contribution in [0.2, 0.25) is 0 Å². The maximum atomic E-state index is 10.5. The quantitative estimate of drug-likeness (QED) is 0.910. The highest BCUT2D eigenvalue weighted by molar-refractivity contribution is 5.69. The molecule has 0 aliphatic carbocycles. The van der Waals surface area contributed by atoms with Crippen LogP contribution in [0.15, 0.2) is 30.9 Å². The Bertz CT molecular complexity index is 574. The molecule has 0 saturated carbocycles. The number of aryl methyl sites for hydroxylation is 2. The molecule has 0 saturated heterocycles. The topological polar surface area (TPSA) is 72.3 Å². The summed E-state index contributed by atoms with van der Waals surface area (Å²) in [6.07, 6.45) is 4.95. The number of rotatable bonds is 4. The van der Waals surface area contributed by atoms with Gasteiger partial charge in [0.05, 0.1) is 0 Å². The lowest BCUT2D eigenvalue weighted by atomic mass is 10.0. The number of carbonyl (C=O) groups is 1. The predicted octanol–water partition coefficient (Wildman–Crippen LogP) is 2.22. The van der Waals surface area contributed by atoms with Gasteiger partial charge in [0.2, 0.25) is 0 Å². The van der Waals surface area contributed by atoms with Crippen LogP contribution in [-0.2, 0) is 4.79 Å². The average Bonchev–Trinajstić information content (AvgIpc) is 2.38. The molecule has 1 aromatic carbocycles. The summed E-state index contributed by atoms with van der Waals surface area (Å²) in [6, 6.07) is 3.87. The van der Waals surface area contributed by atoms with E-state index in [9.17, 15) is 4.79 Å². The van der Waals surface area contributed by atoms with Crippen molar-refractivity contribution in [3.8, 4) is 16.9 Å². The van der Waals surface area contributed by atoms with Gasteiger partial charge in [-0.3, -0.25) is 0 Å². The minimum Gasteiger partial charge on any atom is -0.481 e. The summed E-state index contributed by atoms with van der Waals surface area (Å²) in [7, 11) is 0. The summed E-state index contributed by atoms with van der Waals surface area (Å²) >= 11 is 0. The van der Waals surface area contributed by atoms with Crippen LogP contribution in [-0.4, -0.2) is 27.7 Å². The number of carboxylic acid groups (broad SMARTS) is 1. The van der Waals surface area contributed by atoms with Crippen LogP contribution in [0.3, 0.4) is 0 Å². The number of hydrogen-bond acceptors (Lipinski definition) is 4. The van der Waals surface area contributed by atoms with E-state index in [-0.39, 0.29) is 6.61 Å². The van der Waals surface area contributed by atoms with E-state index < -0.39 is 5.97 Å². The Morgan fingerprint density at radius 1 is 1.16 bits per heavy atom. The van der Waals surface area contributed by atoms with Gasteiger partial charge in [-0.2, -0.15) is 0 Å². The van der Waals surface area contributed by atoms with E-state index >= 15 is 0 Å². The van der Waals surface area contributed by atoms with E-state index in [2.05, 4.69) is 9.97 Å². The smallest absolute Gasteiger partial charge is 0.341 e. The van der Waals surface area contributed by atoms with Crippen LogP contribution >= 0.6 is 0 Å². The maximum absolute atomic E-state index is 10.5. The lowest BCUT2D eigenvalue weighted by Gasteiger charge is -2.12. The van der Waals surface area contributed by atoms with E-state index in [4.69, 9.17) is 9.84 Å². The van der Waals surface area contributed by atoms with E-state index in [1.807, 2.05) is 26.0 Å². The number of benzene rings is 1. The second-order valence-electron chi connectivity index (χ2n) is 4.25. The van der Waals surface area contributed by atoms with Gasteiger partial charge in [-0.05, 0) is 42.7 Å². The summed E-state index contributed by atoms with van der Waals surface area (Å²) < 4.78 is 5.29. The summed E-state index contributed by atoms with van der Waals surface area (Å²) in [5, 5.41) is 8.65. The molecule has 2 aromatic rings. The highest BCUT2D eigenvalue weighted by atomic mass is 16.5. The Labute approximate surface area is 110 Å². The molecule has 0 radical (unpaired) electrons. The van der Waals surface area contributed by atoms with Crippen molar-refractivity contribution in [2.24, 2.45) is 0 Å². The van der Waals surface area contributed by atoms with E-state index in [0.29, 0.717) is 5.75 Å². The molecular formula is C14H14N2O3. The summed E-state index contributed by atoms with van der Waals surface area (Å²) in [4.78, 5) is 18.5. The standard InChI is InChI=1S/C14H14N2O3/c1-9-3-11(12-5-15-8-16-6-12)4-10(2)14(9)19-7-13(17)18/h3-6,8H,7H2,1-2H3,(H,17,18). The van der Waals surface area contributed by atoms with Crippen molar-refractivity contribution < 1.29 is 14.6 Å².